The van der Waals surface area contributed by atoms with E-state index in [4.69, 9.17) is 0 Å². The SMILES string of the molecule is CC(C)CC(F)(C(C)C)C(C)C. The maximum absolute atomic E-state index is 14.3. The lowest BCUT2D eigenvalue weighted by molar-refractivity contribution is 0.0244. The molecule has 0 heterocycles. The van der Waals surface area contributed by atoms with Gasteiger partial charge in [0.05, 0.1) is 0 Å². The van der Waals surface area contributed by atoms with E-state index < -0.39 is 5.67 Å². The lowest BCUT2D eigenvalue weighted by Gasteiger charge is -2.34. The van der Waals surface area contributed by atoms with Crippen molar-refractivity contribution < 1.29 is 4.39 Å². The molecular weight excluding hydrogens is 151 g/mol. The van der Waals surface area contributed by atoms with Crippen LogP contribution in [-0.2, 0) is 0 Å². The Bertz CT molecular complexity index is 117. The van der Waals surface area contributed by atoms with E-state index in [9.17, 15) is 4.39 Å². The number of alkyl halides is 1. The Morgan fingerprint density at radius 3 is 1.33 bits per heavy atom. The molecule has 0 N–H and O–H groups in total. The molecule has 0 aromatic carbocycles. The highest BCUT2D eigenvalue weighted by atomic mass is 19.1. The summed E-state index contributed by atoms with van der Waals surface area (Å²) in [4.78, 5) is 0. The van der Waals surface area contributed by atoms with Crippen molar-refractivity contribution in [2.45, 2.75) is 53.6 Å². The summed E-state index contributed by atoms with van der Waals surface area (Å²) in [6.07, 6.45) is 0.683. The fraction of sp³-hybridized carbons (Fsp3) is 1.00. The van der Waals surface area contributed by atoms with E-state index in [1.165, 1.54) is 0 Å². The second-order valence-corrected chi connectivity index (χ2v) is 4.83. The molecule has 0 spiro atoms. The van der Waals surface area contributed by atoms with E-state index >= 15 is 0 Å². The van der Waals surface area contributed by atoms with Crippen LogP contribution in [0.2, 0.25) is 0 Å². The fourth-order valence-electron chi connectivity index (χ4n) is 1.76. The highest BCUT2D eigenvalue weighted by molar-refractivity contribution is 4.86. The molecule has 0 amide bonds. The van der Waals surface area contributed by atoms with Gasteiger partial charge in [-0.1, -0.05) is 41.5 Å². The third-order valence-corrected chi connectivity index (χ3v) is 2.64. The second-order valence-electron chi connectivity index (χ2n) is 4.83. The van der Waals surface area contributed by atoms with Crippen LogP contribution in [0, 0.1) is 17.8 Å². The summed E-state index contributed by atoms with van der Waals surface area (Å²) in [5.74, 6) is 0.694. The average Bonchev–Trinajstić information content (AvgIpc) is 1.84. The van der Waals surface area contributed by atoms with Gasteiger partial charge in [-0.3, -0.25) is 0 Å². The Kier molecular flexibility index (Phi) is 4.22. The predicted molar refractivity (Wildman–Crippen MR) is 53.0 cm³/mol. The Hall–Kier alpha value is -0.0700. The van der Waals surface area contributed by atoms with Crippen LogP contribution < -0.4 is 0 Å². The number of hydrogen-bond donors (Lipinski definition) is 0. The molecular formula is C11H23F. The van der Waals surface area contributed by atoms with E-state index in [0.717, 1.165) is 0 Å². The maximum atomic E-state index is 14.3. The lowest BCUT2D eigenvalue weighted by Crippen LogP contribution is -2.37. The minimum atomic E-state index is -0.978. The zero-order valence-electron chi connectivity index (χ0n) is 9.32. The minimum absolute atomic E-state index is 0.125. The van der Waals surface area contributed by atoms with Crippen molar-refractivity contribution in [2.75, 3.05) is 0 Å². The number of rotatable bonds is 4. The topological polar surface area (TPSA) is 0 Å². The second kappa shape index (κ2) is 4.25. The fourth-order valence-corrected chi connectivity index (χ4v) is 1.76. The largest absolute Gasteiger partial charge is 0.243 e. The first-order chi connectivity index (χ1) is 5.30. The van der Waals surface area contributed by atoms with Crippen molar-refractivity contribution in [3.63, 3.8) is 0 Å². The van der Waals surface area contributed by atoms with Crippen LogP contribution in [0.15, 0.2) is 0 Å². The Labute approximate surface area is 76.6 Å². The van der Waals surface area contributed by atoms with Crippen LogP contribution in [-0.4, -0.2) is 5.67 Å². The number of hydrogen-bond acceptors (Lipinski definition) is 0. The third-order valence-electron chi connectivity index (χ3n) is 2.64. The van der Waals surface area contributed by atoms with Crippen LogP contribution in [0.5, 0.6) is 0 Å². The molecule has 0 aliphatic rings. The van der Waals surface area contributed by atoms with E-state index in [0.29, 0.717) is 12.3 Å². The zero-order valence-corrected chi connectivity index (χ0v) is 9.32. The van der Waals surface area contributed by atoms with Crippen LogP contribution >= 0.6 is 0 Å². The Balaban J connectivity index is 4.40. The van der Waals surface area contributed by atoms with E-state index in [2.05, 4.69) is 13.8 Å². The minimum Gasteiger partial charge on any atom is -0.243 e. The molecule has 0 nitrogen and oxygen atoms in total. The van der Waals surface area contributed by atoms with Crippen molar-refractivity contribution in [3.8, 4) is 0 Å². The molecule has 0 saturated carbocycles. The predicted octanol–water partition coefficient (Wildman–Crippen LogP) is 4.05. The first kappa shape index (κ1) is 11.9. The average molecular weight is 174 g/mol. The molecule has 0 aromatic heterocycles. The van der Waals surface area contributed by atoms with E-state index in [1.54, 1.807) is 0 Å². The monoisotopic (exact) mass is 174 g/mol. The van der Waals surface area contributed by atoms with Gasteiger partial charge in [0.25, 0.3) is 0 Å². The molecule has 0 rings (SSSR count). The molecule has 0 fully saturated rings. The molecule has 0 bridgehead atoms. The molecule has 0 radical (unpaired) electrons. The van der Waals surface area contributed by atoms with Gasteiger partial charge in [-0.05, 0) is 24.2 Å². The van der Waals surface area contributed by atoms with Crippen LogP contribution in [0.1, 0.15) is 48.0 Å². The van der Waals surface area contributed by atoms with Crippen molar-refractivity contribution >= 4 is 0 Å². The van der Waals surface area contributed by atoms with E-state index in [-0.39, 0.29) is 11.8 Å². The first-order valence-electron chi connectivity index (χ1n) is 4.99. The summed E-state index contributed by atoms with van der Waals surface area (Å²) in [5.41, 5.74) is -0.978. The van der Waals surface area contributed by atoms with Gasteiger partial charge in [-0.15, -0.1) is 0 Å². The van der Waals surface area contributed by atoms with Crippen molar-refractivity contribution in [1.82, 2.24) is 0 Å². The number of halogens is 1. The summed E-state index contributed by atoms with van der Waals surface area (Å²) in [6.45, 7) is 12.1. The van der Waals surface area contributed by atoms with E-state index in [1.807, 2.05) is 27.7 Å². The first-order valence-corrected chi connectivity index (χ1v) is 4.99. The molecule has 12 heavy (non-hydrogen) atoms. The molecule has 0 aliphatic heterocycles. The summed E-state index contributed by atoms with van der Waals surface area (Å²) >= 11 is 0. The summed E-state index contributed by atoms with van der Waals surface area (Å²) < 4.78 is 14.3. The highest BCUT2D eigenvalue weighted by Gasteiger charge is 2.37. The summed E-state index contributed by atoms with van der Waals surface area (Å²) in [6, 6.07) is 0. The van der Waals surface area contributed by atoms with Crippen LogP contribution in [0.3, 0.4) is 0 Å². The Morgan fingerprint density at radius 2 is 1.25 bits per heavy atom. The molecule has 0 saturated heterocycles. The van der Waals surface area contributed by atoms with Gasteiger partial charge in [0, 0.05) is 0 Å². The third kappa shape index (κ3) is 2.76. The van der Waals surface area contributed by atoms with Gasteiger partial charge in [-0.2, -0.15) is 0 Å². The Morgan fingerprint density at radius 1 is 0.917 bits per heavy atom. The standard InChI is InChI=1S/C11H23F/c1-8(2)7-11(12,9(3)4)10(5)6/h8-10H,7H2,1-6H3. The van der Waals surface area contributed by atoms with Crippen molar-refractivity contribution in [3.05, 3.63) is 0 Å². The normalized spacial score (nSPS) is 13.5. The molecule has 0 atom stereocenters. The maximum Gasteiger partial charge on any atom is 0.115 e. The van der Waals surface area contributed by atoms with Crippen LogP contribution in [0.4, 0.5) is 4.39 Å². The van der Waals surface area contributed by atoms with Gasteiger partial charge in [-0.25, -0.2) is 4.39 Å². The van der Waals surface area contributed by atoms with Crippen molar-refractivity contribution in [1.29, 1.82) is 0 Å². The van der Waals surface area contributed by atoms with Gasteiger partial charge >= 0.3 is 0 Å². The van der Waals surface area contributed by atoms with Gasteiger partial charge in [0.1, 0.15) is 5.67 Å². The molecule has 74 valence electrons. The van der Waals surface area contributed by atoms with Gasteiger partial charge in [0.15, 0.2) is 0 Å². The smallest absolute Gasteiger partial charge is 0.115 e. The lowest BCUT2D eigenvalue weighted by atomic mass is 9.77. The highest BCUT2D eigenvalue weighted by Crippen LogP contribution is 2.36. The summed E-state index contributed by atoms with van der Waals surface area (Å²) in [7, 11) is 0. The zero-order chi connectivity index (χ0) is 9.94. The summed E-state index contributed by atoms with van der Waals surface area (Å²) in [5, 5.41) is 0. The molecule has 0 aromatic rings. The van der Waals surface area contributed by atoms with Gasteiger partial charge in [0.2, 0.25) is 0 Å². The van der Waals surface area contributed by atoms with Gasteiger partial charge < -0.3 is 0 Å². The molecule has 0 unspecified atom stereocenters. The van der Waals surface area contributed by atoms with Crippen LogP contribution in [0.25, 0.3) is 0 Å². The van der Waals surface area contributed by atoms with Crippen molar-refractivity contribution in [2.24, 2.45) is 17.8 Å². The quantitative estimate of drug-likeness (QED) is 0.603. The molecule has 1 heteroatoms. The molecule has 0 aliphatic carbocycles.